The lowest BCUT2D eigenvalue weighted by Gasteiger charge is -2.04. The van der Waals surface area contributed by atoms with E-state index in [1.807, 2.05) is 0 Å². The lowest BCUT2D eigenvalue weighted by atomic mass is 9.98. The Hall–Kier alpha value is -0.660. The van der Waals surface area contributed by atoms with Crippen LogP contribution in [0.1, 0.15) is 26.7 Å². The third-order valence-corrected chi connectivity index (χ3v) is 1.56. The predicted octanol–water partition coefficient (Wildman–Crippen LogP) is 1.39. The molecule has 0 rings (SSSR count). The van der Waals surface area contributed by atoms with Crippen LogP contribution in [0.15, 0.2) is 0 Å². The molecule has 0 aliphatic carbocycles. The number of carbonyl (C=O) groups excluding carboxylic acids is 2. The highest BCUT2D eigenvalue weighted by molar-refractivity contribution is 6.01. The van der Waals surface area contributed by atoms with Gasteiger partial charge in [0.05, 0.1) is 5.92 Å². The molecule has 0 aliphatic rings. The Morgan fingerprint density at radius 2 is 1.90 bits per heavy atom. The second kappa shape index (κ2) is 4.20. The van der Waals surface area contributed by atoms with Gasteiger partial charge >= 0.3 is 0 Å². The Bertz CT molecular complexity index is 122. The predicted molar refractivity (Wildman–Crippen MR) is 39.4 cm³/mol. The molecule has 0 aromatic rings. The summed E-state index contributed by atoms with van der Waals surface area (Å²) in [4.78, 5) is 21.7. The Balaban J connectivity index is 3.94. The average molecular weight is 141 g/mol. The van der Waals surface area contributed by atoms with Gasteiger partial charge in [0.25, 0.3) is 0 Å². The van der Waals surface area contributed by atoms with Gasteiger partial charge in [-0.05, 0) is 13.8 Å². The number of hydrogen-bond acceptors (Lipinski definition) is 2. The molecule has 1 unspecified atom stereocenters. The molecule has 1 atom stereocenters. The van der Waals surface area contributed by atoms with Gasteiger partial charge in [-0.15, -0.1) is 0 Å². The standard InChI is InChI=1S/C8H13O2/c1-4-7(9)6(3)8(10)5-2/h6H,1,4-5H2,2-3H3. The van der Waals surface area contributed by atoms with Crippen LogP contribution in [0.5, 0.6) is 0 Å². The molecular weight excluding hydrogens is 128 g/mol. The van der Waals surface area contributed by atoms with Gasteiger partial charge in [-0.1, -0.05) is 6.92 Å². The summed E-state index contributed by atoms with van der Waals surface area (Å²) in [5, 5.41) is 0. The number of hydrogen-bond donors (Lipinski definition) is 0. The van der Waals surface area contributed by atoms with Crippen LogP contribution in [-0.4, -0.2) is 11.6 Å². The van der Waals surface area contributed by atoms with Gasteiger partial charge in [-0.2, -0.15) is 0 Å². The van der Waals surface area contributed by atoms with Gasteiger partial charge in [0, 0.05) is 12.8 Å². The molecule has 0 bridgehead atoms. The monoisotopic (exact) mass is 141 g/mol. The van der Waals surface area contributed by atoms with E-state index in [0.29, 0.717) is 6.42 Å². The zero-order valence-corrected chi connectivity index (χ0v) is 6.52. The summed E-state index contributed by atoms with van der Waals surface area (Å²) < 4.78 is 0. The van der Waals surface area contributed by atoms with Gasteiger partial charge in [0.2, 0.25) is 0 Å². The van der Waals surface area contributed by atoms with Crippen molar-refractivity contribution in [2.24, 2.45) is 5.92 Å². The molecule has 1 radical (unpaired) electrons. The summed E-state index contributed by atoms with van der Waals surface area (Å²) >= 11 is 0. The van der Waals surface area contributed by atoms with E-state index in [4.69, 9.17) is 0 Å². The summed E-state index contributed by atoms with van der Waals surface area (Å²) in [6, 6.07) is 0. The summed E-state index contributed by atoms with van der Waals surface area (Å²) in [7, 11) is 0. The van der Waals surface area contributed by atoms with Gasteiger partial charge in [-0.3, -0.25) is 9.59 Å². The largest absolute Gasteiger partial charge is 0.299 e. The zero-order chi connectivity index (χ0) is 8.15. The number of Topliss-reactive ketones (excluding diaryl/α,β-unsaturated/α-hetero) is 2. The highest BCUT2D eigenvalue weighted by Gasteiger charge is 2.16. The van der Waals surface area contributed by atoms with E-state index in [0.717, 1.165) is 0 Å². The molecule has 0 spiro atoms. The van der Waals surface area contributed by atoms with E-state index in [1.54, 1.807) is 13.8 Å². The fourth-order valence-corrected chi connectivity index (χ4v) is 0.702. The van der Waals surface area contributed by atoms with Crippen molar-refractivity contribution < 1.29 is 9.59 Å². The van der Waals surface area contributed by atoms with Crippen LogP contribution in [0, 0.1) is 12.8 Å². The first-order chi connectivity index (χ1) is 4.63. The van der Waals surface area contributed by atoms with Gasteiger partial charge in [0.15, 0.2) is 0 Å². The van der Waals surface area contributed by atoms with E-state index in [1.165, 1.54) is 0 Å². The molecule has 0 saturated carbocycles. The minimum absolute atomic E-state index is 0.00801. The lowest BCUT2D eigenvalue weighted by Crippen LogP contribution is -2.19. The smallest absolute Gasteiger partial charge is 0.143 e. The van der Waals surface area contributed by atoms with Crippen molar-refractivity contribution in [1.29, 1.82) is 0 Å². The number of rotatable bonds is 4. The molecule has 0 aromatic heterocycles. The first-order valence-electron chi connectivity index (χ1n) is 3.48. The molecule has 10 heavy (non-hydrogen) atoms. The van der Waals surface area contributed by atoms with Crippen LogP contribution in [-0.2, 0) is 9.59 Å². The van der Waals surface area contributed by atoms with Crippen molar-refractivity contribution in [3.05, 3.63) is 6.92 Å². The van der Waals surface area contributed by atoms with Gasteiger partial charge < -0.3 is 0 Å². The average Bonchev–Trinajstić information content (AvgIpc) is 2.00. The van der Waals surface area contributed by atoms with Gasteiger partial charge in [0.1, 0.15) is 11.6 Å². The maximum absolute atomic E-state index is 10.9. The normalized spacial score (nSPS) is 10.0. The number of carbonyl (C=O) groups is 2. The maximum atomic E-state index is 10.9. The van der Waals surface area contributed by atoms with E-state index in [2.05, 4.69) is 6.92 Å². The maximum Gasteiger partial charge on any atom is 0.143 e. The van der Waals surface area contributed by atoms with Crippen LogP contribution in [0.3, 0.4) is 0 Å². The Labute approximate surface area is 61.6 Å². The zero-order valence-electron chi connectivity index (χ0n) is 6.52. The Kier molecular flexibility index (Phi) is 3.93. The van der Waals surface area contributed by atoms with Crippen molar-refractivity contribution in [2.45, 2.75) is 26.7 Å². The molecule has 57 valence electrons. The molecule has 0 aromatic carbocycles. The lowest BCUT2D eigenvalue weighted by molar-refractivity contribution is -0.131. The first kappa shape index (κ1) is 9.34. The minimum atomic E-state index is -0.442. The molecule has 0 saturated heterocycles. The topological polar surface area (TPSA) is 34.1 Å². The Morgan fingerprint density at radius 3 is 2.20 bits per heavy atom. The Morgan fingerprint density at radius 1 is 1.40 bits per heavy atom. The van der Waals surface area contributed by atoms with Crippen LogP contribution in [0.25, 0.3) is 0 Å². The van der Waals surface area contributed by atoms with Crippen LogP contribution >= 0.6 is 0 Å². The summed E-state index contributed by atoms with van der Waals surface area (Å²) in [6.45, 7) is 6.82. The van der Waals surface area contributed by atoms with Crippen LogP contribution < -0.4 is 0 Å². The van der Waals surface area contributed by atoms with Crippen LogP contribution in [0.4, 0.5) is 0 Å². The van der Waals surface area contributed by atoms with E-state index in [-0.39, 0.29) is 18.0 Å². The summed E-state index contributed by atoms with van der Waals surface area (Å²) in [6.07, 6.45) is 0.653. The molecule has 0 heterocycles. The third kappa shape index (κ3) is 2.29. The SMILES string of the molecule is [CH2]CC(=O)C(C)C(=O)CC. The van der Waals surface area contributed by atoms with Crippen molar-refractivity contribution >= 4 is 11.6 Å². The van der Waals surface area contributed by atoms with Gasteiger partial charge in [-0.25, -0.2) is 0 Å². The summed E-state index contributed by atoms with van der Waals surface area (Å²) in [5.41, 5.74) is 0. The second-order valence-electron chi connectivity index (χ2n) is 2.26. The highest BCUT2D eigenvalue weighted by atomic mass is 16.1. The van der Waals surface area contributed by atoms with Crippen molar-refractivity contribution in [3.63, 3.8) is 0 Å². The second-order valence-corrected chi connectivity index (χ2v) is 2.26. The molecule has 0 amide bonds. The van der Waals surface area contributed by atoms with Crippen molar-refractivity contribution in [3.8, 4) is 0 Å². The first-order valence-corrected chi connectivity index (χ1v) is 3.48. The van der Waals surface area contributed by atoms with Crippen LogP contribution in [0.2, 0.25) is 0 Å². The minimum Gasteiger partial charge on any atom is -0.299 e. The quantitative estimate of drug-likeness (QED) is 0.554. The third-order valence-electron chi connectivity index (χ3n) is 1.56. The van der Waals surface area contributed by atoms with E-state index < -0.39 is 5.92 Å². The van der Waals surface area contributed by atoms with E-state index in [9.17, 15) is 9.59 Å². The van der Waals surface area contributed by atoms with Crippen molar-refractivity contribution in [2.75, 3.05) is 0 Å². The van der Waals surface area contributed by atoms with Crippen molar-refractivity contribution in [1.82, 2.24) is 0 Å². The molecule has 0 N–H and O–H groups in total. The fourth-order valence-electron chi connectivity index (χ4n) is 0.702. The molecule has 2 nitrogen and oxygen atoms in total. The highest BCUT2D eigenvalue weighted by Crippen LogP contribution is 2.03. The summed E-state index contributed by atoms with van der Waals surface area (Å²) in [5.74, 6) is -0.497. The molecule has 0 fully saturated rings. The molecule has 0 aliphatic heterocycles. The van der Waals surface area contributed by atoms with E-state index >= 15 is 0 Å². The molecular formula is C8H13O2. The fraction of sp³-hybridized carbons (Fsp3) is 0.625. The number of ketones is 2. The molecule has 2 heteroatoms.